The molecule has 22 heavy (non-hydrogen) atoms. The summed E-state index contributed by atoms with van der Waals surface area (Å²) in [5.41, 5.74) is 1.53. The number of nitriles is 1. The predicted molar refractivity (Wildman–Crippen MR) is 76.6 cm³/mol. The summed E-state index contributed by atoms with van der Waals surface area (Å²) in [4.78, 5) is 16.0. The van der Waals surface area contributed by atoms with E-state index in [2.05, 4.69) is 20.5 Å². The standard InChI is InChI=1S/C15H9N5O2/c16-8-10-3-5-11(6-4-10)13(21)18-15-20-19-14(22-15)12-2-1-7-17-9-12/h1-7,9H,(H,18,20,21). The molecule has 2 aromatic heterocycles. The fourth-order valence-corrected chi connectivity index (χ4v) is 1.75. The van der Waals surface area contributed by atoms with Crippen molar-refractivity contribution in [2.45, 2.75) is 0 Å². The second-order valence-electron chi connectivity index (χ2n) is 4.30. The number of aromatic nitrogens is 3. The lowest BCUT2D eigenvalue weighted by molar-refractivity contribution is 0.102. The summed E-state index contributed by atoms with van der Waals surface area (Å²) in [5, 5.41) is 18.8. The average molecular weight is 291 g/mol. The molecule has 7 nitrogen and oxygen atoms in total. The van der Waals surface area contributed by atoms with E-state index in [0.29, 0.717) is 16.7 Å². The summed E-state index contributed by atoms with van der Waals surface area (Å²) in [6, 6.07) is 11.7. The smallest absolute Gasteiger partial charge is 0.322 e. The van der Waals surface area contributed by atoms with Crippen LogP contribution in [0.4, 0.5) is 6.01 Å². The Hall–Kier alpha value is -3.53. The van der Waals surface area contributed by atoms with Crippen molar-refractivity contribution in [2.75, 3.05) is 5.32 Å². The molecular weight excluding hydrogens is 282 g/mol. The number of hydrogen-bond acceptors (Lipinski definition) is 6. The van der Waals surface area contributed by atoms with Gasteiger partial charge in [-0.2, -0.15) is 5.26 Å². The van der Waals surface area contributed by atoms with E-state index in [-0.39, 0.29) is 11.9 Å². The molecule has 0 aliphatic heterocycles. The molecule has 0 saturated heterocycles. The summed E-state index contributed by atoms with van der Waals surface area (Å²) >= 11 is 0. The highest BCUT2D eigenvalue weighted by atomic mass is 16.4. The Kier molecular flexibility index (Phi) is 3.58. The van der Waals surface area contributed by atoms with Gasteiger partial charge >= 0.3 is 6.01 Å². The summed E-state index contributed by atoms with van der Waals surface area (Å²) in [5.74, 6) is -0.130. The van der Waals surface area contributed by atoms with E-state index in [1.165, 1.54) is 0 Å². The number of amides is 1. The van der Waals surface area contributed by atoms with Crippen molar-refractivity contribution in [1.82, 2.24) is 15.2 Å². The minimum Gasteiger partial charge on any atom is -0.403 e. The van der Waals surface area contributed by atoms with Crippen molar-refractivity contribution in [1.29, 1.82) is 5.26 Å². The zero-order chi connectivity index (χ0) is 15.4. The summed E-state index contributed by atoms with van der Waals surface area (Å²) in [6.45, 7) is 0. The van der Waals surface area contributed by atoms with E-state index in [0.717, 1.165) is 0 Å². The van der Waals surface area contributed by atoms with Crippen LogP contribution in [0.2, 0.25) is 0 Å². The molecule has 106 valence electrons. The number of carbonyl (C=O) groups excluding carboxylic acids is 1. The van der Waals surface area contributed by atoms with Crippen LogP contribution in [0, 0.1) is 11.3 Å². The highest BCUT2D eigenvalue weighted by molar-refractivity contribution is 6.03. The van der Waals surface area contributed by atoms with Crippen molar-refractivity contribution >= 4 is 11.9 Å². The van der Waals surface area contributed by atoms with E-state index in [9.17, 15) is 4.79 Å². The third-order valence-electron chi connectivity index (χ3n) is 2.83. The van der Waals surface area contributed by atoms with E-state index < -0.39 is 5.91 Å². The molecule has 3 aromatic rings. The molecule has 2 heterocycles. The lowest BCUT2D eigenvalue weighted by Gasteiger charge is -2.00. The molecule has 0 radical (unpaired) electrons. The summed E-state index contributed by atoms with van der Waals surface area (Å²) in [7, 11) is 0. The molecule has 0 aliphatic rings. The van der Waals surface area contributed by atoms with E-state index >= 15 is 0 Å². The second-order valence-corrected chi connectivity index (χ2v) is 4.30. The number of pyridine rings is 1. The number of nitrogens with one attached hydrogen (secondary N) is 1. The Morgan fingerprint density at radius 2 is 2.00 bits per heavy atom. The molecule has 3 rings (SSSR count). The number of nitrogens with zero attached hydrogens (tertiary/aromatic N) is 4. The van der Waals surface area contributed by atoms with Crippen molar-refractivity contribution in [3.8, 4) is 17.5 Å². The molecule has 0 unspecified atom stereocenters. The normalized spacial score (nSPS) is 9.95. The Bertz CT molecular complexity index is 834. The highest BCUT2D eigenvalue weighted by Gasteiger charge is 2.12. The maximum atomic E-state index is 12.0. The molecular formula is C15H9N5O2. The van der Waals surface area contributed by atoms with Crippen molar-refractivity contribution in [2.24, 2.45) is 0 Å². The van der Waals surface area contributed by atoms with Gasteiger partial charge in [0.2, 0.25) is 0 Å². The summed E-state index contributed by atoms with van der Waals surface area (Å²) in [6.07, 6.45) is 3.22. The van der Waals surface area contributed by atoms with Crippen LogP contribution < -0.4 is 5.32 Å². The van der Waals surface area contributed by atoms with Crippen LogP contribution in [-0.2, 0) is 0 Å². The number of rotatable bonds is 3. The third kappa shape index (κ3) is 2.81. The van der Waals surface area contributed by atoms with Gasteiger partial charge in [-0.25, -0.2) is 0 Å². The molecule has 0 fully saturated rings. The van der Waals surface area contributed by atoms with E-state index in [1.807, 2.05) is 6.07 Å². The molecule has 0 bridgehead atoms. The number of anilines is 1. The Morgan fingerprint density at radius 3 is 2.68 bits per heavy atom. The first-order valence-electron chi connectivity index (χ1n) is 6.31. The van der Waals surface area contributed by atoms with Gasteiger partial charge in [-0.15, -0.1) is 5.10 Å². The quantitative estimate of drug-likeness (QED) is 0.793. The van der Waals surface area contributed by atoms with Gasteiger partial charge in [0.1, 0.15) is 0 Å². The first-order chi connectivity index (χ1) is 10.8. The minimum absolute atomic E-state index is 0.00628. The fraction of sp³-hybridized carbons (Fsp3) is 0. The van der Waals surface area contributed by atoms with Gasteiger partial charge < -0.3 is 4.42 Å². The van der Waals surface area contributed by atoms with Gasteiger partial charge in [-0.05, 0) is 36.4 Å². The molecule has 0 spiro atoms. The molecule has 0 aliphatic carbocycles. The Labute approximate surface area is 125 Å². The van der Waals surface area contributed by atoms with Gasteiger partial charge in [0.05, 0.1) is 17.2 Å². The minimum atomic E-state index is -0.397. The topological polar surface area (TPSA) is 105 Å². The summed E-state index contributed by atoms with van der Waals surface area (Å²) < 4.78 is 5.36. The maximum Gasteiger partial charge on any atom is 0.322 e. The molecule has 1 aromatic carbocycles. The molecule has 0 saturated carbocycles. The Morgan fingerprint density at radius 1 is 1.18 bits per heavy atom. The van der Waals surface area contributed by atoms with Crippen LogP contribution in [-0.4, -0.2) is 21.1 Å². The van der Waals surface area contributed by atoms with Crippen LogP contribution in [0.5, 0.6) is 0 Å². The van der Waals surface area contributed by atoms with E-state index in [1.54, 1.807) is 48.8 Å². The SMILES string of the molecule is N#Cc1ccc(C(=O)Nc2nnc(-c3cccnc3)o2)cc1. The van der Waals surface area contributed by atoms with E-state index in [4.69, 9.17) is 9.68 Å². The van der Waals surface area contributed by atoms with Gasteiger partial charge in [-0.1, -0.05) is 5.10 Å². The zero-order valence-corrected chi connectivity index (χ0v) is 11.2. The molecule has 1 amide bonds. The van der Waals surface area contributed by atoms with Crippen molar-refractivity contribution in [3.63, 3.8) is 0 Å². The van der Waals surface area contributed by atoms with Gasteiger partial charge in [0.15, 0.2) is 0 Å². The average Bonchev–Trinajstić information content (AvgIpc) is 3.04. The van der Waals surface area contributed by atoms with Crippen LogP contribution >= 0.6 is 0 Å². The van der Waals surface area contributed by atoms with Crippen LogP contribution in [0.15, 0.2) is 53.2 Å². The molecule has 0 atom stereocenters. The lowest BCUT2D eigenvalue weighted by atomic mass is 10.1. The van der Waals surface area contributed by atoms with Crippen molar-refractivity contribution < 1.29 is 9.21 Å². The van der Waals surface area contributed by atoms with Gasteiger partial charge in [0.25, 0.3) is 11.8 Å². The molecule has 1 N–H and O–H groups in total. The number of benzene rings is 1. The first kappa shape index (κ1) is 13.5. The lowest BCUT2D eigenvalue weighted by Crippen LogP contribution is -2.11. The van der Waals surface area contributed by atoms with Gasteiger partial charge in [-0.3, -0.25) is 15.1 Å². The second kappa shape index (κ2) is 5.85. The first-order valence-corrected chi connectivity index (χ1v) is 6.31. The third-order valence-corrected chi connectivity index (χ3v) is 2.83. The van der Waals surface area contributed by atoms with Crippen LogP contribution in [0.3, 0.4) is 0 Å². The largest absolute Gasteiger partial charge is 0.403 e. The number of carbonyl (C=O) groups is 1. The Balaban J connectivity index is 1.74. The van der Waals surface area contributed by atoms with Crippen LogP contribution in [0.25, 0.3) is 11.5 Å². The highest BCUT2D eigenvalue weighted by Crippen LogP contribution is 2.18. The monoisotopic (exact) mass is 291 g/mol. The number of hydrogen-bond donors (Lipinski definition) is 1. The zero-order valence-electron chi connectivity index (χ0n) is 11.2. The maximum absolute atomic E-state index is 12.0. The van der Waals surface area contributed by atoms with Crippen LogP contribution in [0.1, 0.15) is 15.9 Å². The van der Waals surface area contributed by atoms with Gasteiger partial charge in [0, 0.05) is 18.0 Å². The molecule has 7 heteroatoms. The predicted octanol–water partition coefficient (Wildman–Crippen LogP) is 2.26. The fourth-order valence-electron chi connectivity index (χ4n) is 1.75. The van der Waals surface area contributed by atoms with Crippen molar-refractivity contribution in [3.05, 3.63) is 59.9 Å².